The summed E-state index contributed by atoms with van der Waals surface area (Å²) in [5.41, 5.74) is 19.1. The quantitative estimate of drug-likeness (QED) is 0.767. The second-order valence-corrected chi connectivity index (χ2v) is 7.47. The fourth-order valence-electron chi connectivity index (χ4n) is 3.46. The van der Waals surface area contributed by atoms with Gasteiger partial charge in [0.1, 0.15) is 15.5 Å². The Labute approximate surface area is 146 Å². The molecule has 130 valence electrons. The lowest BCUT2D eigenvalue weighted by atomic mass is 9.98. The van der Waals surface area contributed by atoms with Gasteiger partial charge in [-0.05, 0) is 43.4 Å². The van der Waals surface area contributed by atoms with E-state index in [4.69, 9.17) is 22.2 Å². The molecule has 1 amide bonds. The van der Waals surface area contributed by atoms with Crippen LogP contribution in [0.4, 0.5) is 11.5 Å². The predicted octanol–water partition coefficient (Wildman–Crippen LogP) is 2.11. The number of hydrogen-bond donors (Lipinski definition) is 3. The van der Waals surface area contributed by atoms with E-state index in [1.54, 1.807) is 0 Å². The summed E-state index contributed by atoms with van der Waals surface area (Å²) in [6.07, 6.45) is 4.21. The maximum Gasteiger partial charge on any atom is 0.260 e. The summed E-state index contributed by atoms with van der Waals surface area (Å²) < 4.78 is 0. The lowest BCUT2D eigenvalue weighted by molar-refractivity contribution is 0.100. The van der Waals surface area contributed by atoms with Crippen LogP contribution in [0.2, 0.25) is 0 Å². The van der Waals surface area contributed by atoms with Crippen molar-refractivity contribution >= 4 is 39.0 Å². The number of anilines is 2. The molecule has 1 saturated heterocycles. The summed E-state index contributed by atoms with van der Waals surface area (Å²) in [7, 11) is 0. The highest BCUT2D eigenvalue weighted by molar-refractivity contribution is 7.21. The third-order valence-corrected chi connectivity index (χ3v) is 5.80. The van der Waals surface area contributed by atoms with Gasteiger partial charge in [-0.1, -0.05) is 13.3 Å². The van der Waals surface area contributed by atoms with E-state index in [1.165, 1.54) is 17.8 Å². The van der Waals surface area contributed by atoms with E-state index >= 15 is 0 Å². The number of nitrogen functional groups attached to an aromatic ring is 1. The van der Waals surface area contributed by atoms with Gasteiger partial charge in [-0.25, -0.2) is 4.98 Å². The third-order valence-electron chi connectivity index (χ3n) is 4.69. The van der Waals surface area contributed by atoms with Crippen LogP contribution in [0.25, 0.3) is 10.2 Å². The second-order valence-electron chi connectivity index (χ2n) is 6.47. The second kappa shape index (κ2) is 6.94. The van der Waals surface area contributed by atoms with Gasteiger partial charge < -0.3 is 22.1 Å². The van der Waals surface area contributed by atoms with Crippen LogP contribution < -0.4 is 22.1 Å². The molecule has 3 heterocycles. The minimum Gasteiger partial charge on any atom is -0.397 e. The number of fused-ring (bicyclic) bond motifs is 1. The lowest BCUT2D eigenvalue weighted by Gasteiger charge is -2.33. The van der Waals surface area contributed by atoms with Gasteiger partial charge in [0.25, 0.3) is 5.91 Å². The molecule has 0 spiro atoms. The molecule has 24 heavy (non-hydrogen) atoms. The normalized spacial score (nSPS) is 18.2. The molecule has 2 aromatic rings. The van der Waals surface area contributed by atoms with E-state index in [0.717, 1.165) is 53.9 Å². The molecule has 1 aliphatic heterocycles. The molecule has 0 radical (unpaired) electrons. The van der Waals surface area contributed by atoms with Crippen molar-refractivity contribution in [1.82, 2.24) is 4.98 Å². The van der Waals surface area contributed by atoms with Crippen molar-refractivity contribution in [2.75, 3.05) is 30.3 Å². The van der Waals surface area contributed by atoms with Gasteiger partial charge in [-0.3, -0.25) is 4.79 Å². The van der Waals surface area contributed by atoms with Crippen LogP contribution in [0.5, 0.6) is 0 Å². The number of thiophene rings is 1. The van der Waals surface area contributed by atoms with Crippen molar-refractivity contribution in [2.45, 2.75) is 32.6 Å². The molecule has 1 unspecified atom stereocenters. The molecule has 6 nitrogen and oxygen atoms in total. The number of pyridine rings is 1. The highest BCUT2D eigenvalue weighted by Gasteiger charge is 2.23. The number of aryl methyl sites for hydroxylation is 1. The average molecular weight is 347 g/mol. The summed E-state index contributed by atoms with van der Waals surface area (Å²) in [6.45, 7) is 4.77. The number of carbonyl (C=O) groups is 1. The Morgan fingerprint density at radius 1 is 1.50 bits per heavy atom. The molecule has 1 atom stereocenters. The number of nitrogens with two attached hydrogens (primary N) is 3. The molecule has 1 aliphatic rings. The molecule has 6 N–H and O–H groups in total. The van der Waals surface area contributed by atoms with E-state index in [1.807, 2.05) is 0 Å². The van der Waals surface area contributed by atoms with Gasteiger partial charge >= 0.3 is 0 Å². The highest BCUT2D eigenvalue weighted by atomic mass is 32.1. The van der Waals surface area contributed by atoms with Crippen LogP contribution in [0, 0.1) is 5.92 Å². The summed E-state index contributed by atoms with van der Waals surface area (Å²) >= 11 is 1.29. The topological polar surface area (TPSA) is 111 Å². The Morgan fingerprint density at radius 3 is 2.96 bits per heavy atom. The molecule has 0 aromatic carbocycles. The molecular weight excluding hydrogens is 322 g/mol. The van der Waals surface area contributed by atoms with Crippen LogP contribution in [-0.2, 0) is 6.42 Å². The predicted molar refractivity (Wildman–Crippen MR) is 101 cm³/mol. The van der Waals surface area contributed by atoms with Crippen LogP contribution in [0.1, 0.15) is 41.4 Å². The number of primary amides is 1. The van der Waals surface area contributed by atoms with Crippen LogP contribution in [-0.4, -0.2) is 30.5 Å². The molecule has 2 aromatic heterocycles. The van der Waals surface area contributed by atoms with Crippen molar-refractivity contribution in [3.8, 4) is 0 Å². The summed E-state index contributed by atoms with van der Waals surface area (Å²) in [4.78, 5) is 19.9. The Bertz CT molecular complexity index is 757. The van der Waals surface area contributed by atoms with Crippen molar-refractivity contribution in [3.63, 3.8) is 0 Å². The summed E-state index contributed by atoms with van der Waals surface area (Å²) in [5, 5.41) is 0.895. The first kappa shape index (κ1) is 17.0. The van der Waals surface area contributed by atoms with Crippen molar-refractivity contribution in [2.24, 2.45) is 17.4 Å². The smallest absolute Gasteiger partial charge is 0.260 e. The molecule has 0 bridgehead atoms. The van der Waals surface area contributed by atoms with Gasteiger partial charge in [-0.2, -0.15) is 0 Å². The zero-order chi connectivity index (χ0) is 17.3. The number of nitrogens with zero attached hydrogens (tertiary/aromatic N) is 2. The maximum absolute atomic E-state index is 11.6. The zero-order valence-corrected chi connectivity index (χ0v) is 14.9. The summed E-state index contributed by atoms with van der Waals surface area (Å²) in [5.74, 6) is 0.988. The lowest BCUT2D eigenvalue weighted by Crippen LogP contribution is -2.38. The Morgan fingerprint density at radius 2 is 2.29 bits per heavy atom. The minimum absolute atomic E-state index is 0.408. The minimum atomic E-state index is -0.485. The van der Waals surface area contributed by atoms with Crippen molar-refractivity contribution in [1.29, 1.82) is 0 Å². The highest BCUT2D eigenvalue weighted by Crippen LogP contribution is 2.37. The Hall–Kier alpha value is -1.86. The average Bonchev–Trinajstić information content (AvgIpc) is 2.92. The van der Waals surface area contributed by atoms with E-state index in [-0.39, 0.29) is 0 Å². The number of rotatable bonds is 5. The van der Waals surface area contributed by atoms with E-state index in [2.05, 4.69) is 17.9 Å². The Kier molecular flexibility index (Phi) is 4.91. The molecular formula is C17H25N5OS. The molecule has 1 fully saturated rings. The number of amides is 1. The number of aromatic nitrogens is 1. The first-order valence-corrected chi connectivity index (χ1v) is 9.33. The monoisotopic (exact) mass is 347 g/mol. The number of hydrogen-bond acceptors (Lipinski definition) is 6. The van der Waals surface area contributed by atoms with Crippen molar-refractivity contribution in [3.05, 3.63) is 16.5 Å². The molecule has 7 heteroatoms. The standard InChI is InChI=1S/C17H25N5OS/c1-2-4-11-7-12(22-6-3-5-10(8-18)9-22)21-17-13(11)14(19)15(24-17)16(20)23/h7,10H,2-6,8-9,18-19H2,1H3,(H2,20,23). The first-order valence-electron chi connectivity index (χ1n) is 8.51. The Balaban J connectivity index is 2.08. The molecule has 0 saturated carbocycles. The van der Waals surface area contributed by atoms with Gasteiger partial charge in [0, 0.05) is 18.5 Å². The summed E-state index contributed by atoms with van der Waals surface area (Å²) in [6, 6.07) is 2.12. The largest absolute Gasteiger partial charge is 0.397 e. The zero-order valence-electron chi connectivity index (χ0n) is 14.0. The van der Waals surface area contributed by atoms with Gasteiger partial charge in [-0.15, -0.1) is 11.3 Å². The fourth-order valence-corrected chi connectivity index (χ4v) is 4.45. The number of carbonyl (C=O) groups excluding carboxylic acids is 1. The number of piperidine rings is 1. The first-order chi connectivity index (χ1) is 11.5. The van der Waals surface area contributed by atoms with Gasteiger partial charge in [0.05, 0.1) is 5.69 Å². The van der Waals surface area contributed by atoms with Gasteiger partial charge in [0.15, 0.2) is 0 Å². The third kappa shape index (κ3) is 3.06. The maximum atomic E-state index is 11.6. The van der Waals surface area contributed by atoms with E-state index in [0.29, 0.717) is 23.0 Å². The van der Waals surface area contributed by atoms with E-state index < -0.39 is 5.91 Å². The molecule has 3 rings (SSSR count). The van der Waals surface area contributed by atoms with Crippen LogP contribution >= 0.6 is 11.3 Å². The van der Waals surface area contributed by atoms with Crippen LogP contribution in [0.15, 0.2) is 6.07 Å². The fraction of sp³-hybridized carbons (Fsp3) is 0.529. The van der Waals surface area contributed by atoms with Gasteiger partial charge in [0.2, 0.25) is 0 Å². The molecule has 0 aliphatic carbocycles. The van der Waals surface area contributed by atoms with Crippen LogP contribution in [0.3, 0.4) is 0 Å². The van der Waals surface area contributed by atoms with E-state index in [9.17, 15) is 4.79 Å². The SMILES string of the molecule is CCCc1cc(N2CCCC(CN)C2)nc2sc(C(N)=O)c(N)c12. The van der Waals surface area contributed by atoms with Crippen molar-refractivity contribution < 1.29 is 4.79 Å².